The van der Waals surface area contributed by atoms with Gasteiger partial charge >= 0.3 is 0 Å². The maximum absolute atomic E-state index is 4.64. The zero-order valence-corrected chi connectivity index (χ0v) is 11.2. The van der Waals surface area contributed by atoms with Crippen LogP contribution in [0.15, 0.2) is 18.3 Å². The van der Waals surface area contributed by atoms with Gasteiger partial charge in [0.05, 0.1) is 0 Å². The molecule has 0 bridgehead atoms. The maximum atomic E-state index is 4.64. The van der Waals surface area contributed by atoms with Crippen molar-refractivity contribution in [2.45, 2.75) is 51.5 Å². The molecule has 17 heavy (non-hydrogen) atoms. The number of rotatable bonds is 4. The number of aryl methyl sites for hydroxylation is 1. The van der Waals surface area contributed by atoms with Gasteiger partial charge in [-0.15, -0.1) is 0 Å². The summed E-state index contributed by atoms with van der Waals surface area (Å²) in [6.45, 7) is 4.60. The highest BCUT2D eigenvalue weighted by molar-refractivity contribution is 5.27. The Morgan fingerprint density at radius 2 is 2.29 bits per heavy atom. The highest BCUT2D eigenvalue weighted by Crippen LogP contribution is 2.34. The van der Waals surface area contributed by atoms with Crippen molar-refractivity contribution >= 4 is 0 Å². The molecule has 2 heteroatoms. The number of pyridine rings is 1. The largest absolute Gasteiger partial charge is 0.316 e. The van der Waals surface area contributed by atoms with Gasteiger partial charge in [0.25, 0.3) is 0 Å². The maximum Gasteiger partial charge on any atom is 0.0481 e. The minimum Gasteiger partial charge on any atom is -0.316 e. The molecule has 2 rings (SSSR count). The quantitative estimate of drug-likeness (QED) is 0.862. The number of fused-ring (bicyclic) bond motifs is 1. The van der Waals surface area contributed by atoms with Gasteiger partial charge in [-0.1, -0.05) is 19.9 Å². The molecule has 1 heterocycles. The molecule has 0 aliphatic heterocycles. The summed E-state index contributed by atoms with van der Waals surface area (Å²) >= 11 is 0. The Hall–Kier alpha value is -0.890. The van der Waals surface area contributed by atoms with Gasteiger partial charge in [0.1, 0.15) is 0 Å². The van der Waals surface area contributed by atoms with Crippen LogP contribution in [-0.4, -0.2) is 18.1 Å². The van der Waals surface area contributed by atoms with E-state index in [1.807, 2.05) is 6.20 Å². The fourth-order valence-corrected chi connectivity index (χ4v) is 3.03. The third-order valence-electron chi connectivity index (χ3n) is 3.82. The number of hydrogen-bond acceptors (Lipinski definition) is 2. The van der Waals surface area contributed by atoms with Crippen LogP contribution < -0.4 is 5.32 Å². The van der Waals surface area contributed by atoms with Gasteiger partial charge in [-0.2, -0.15) is 0 Å². The standard InChI is InChI=1S/C15H24N2/c1-11(2)10-14(16-3)13-8-4-6-12-7-5-9-17-15(12)13/h5,7,9,11,13-14,16H,4,6,8,10H2,1-3H3. The summed E-state index contributed by atoms with van der Waals surface area (Å²) in [6.07, 6.45) is 6.97. The summed E-state index contributed by atoms with van der Waals surface area (Å²) in [5.74, 6) is 1.34. The topological polar surface area (TPSA) is 24.9 Å². The zero-order valence-electron chi connectivity index (χ0n) is 11.2. The van der Waals surface area contributed by atoms with Gasteiger partial charge < -0.3 is 5.32 Å². The first kappa shape index (κ1) is 12.6. The SMILES string of the molecule is CNC(CC(C)C)C1CCCc2cccnc21. The van der Waals surface area contributed by atoms with Crippen molar-refractivity contribution in [2.75, 3.05) is 7.05 Å². The molecule has 1 N–H and O–H groups in total. The van der Waals surface area contributed by atoms with Crippen LogP contribution in [0.5, 0.6) is 0 Å². The lowest BCUT2D eigenvalue weighted by Crippen LogP contribution is -2.35. The molecule has 0 amide bonds. The van der Waals surface area contributed by atoms with E-state index in [0.29, 0.717) is 12.0 Å². The van der Waals surface area contributed by atoms with Crippen LogP contribution in [0.1, 0.15) is 50.3 Å². The lowest BCUT2D eigenvalue weighted by atomic mass is 9.79. The average Bonchev–Trinajstić information content (AvgIpc) is 2.35. The number of hydrogen-bond donors (Lipinski definition) is 1. The van der Waals surface area contributed by atoms with Crippen LogP contribution in [0.25, 0.3) is 0 Å². The predicted octanol–water partition coefficient (Wildman–Crippen LogP) is 3.14. The first-order chi connectivity index (χ1) is 8.22. The number of aromatic nitrogens is 1. The van der Waals surface area contributed by atoms with Crippen molar-refractivity contribution in [3.63, 3.8) is 0 Å². The van der Waals surface area contributed by atoms with Crippen molar-refractivity contribution in [2.24, 2.45) is 5.92 Å². The fourth-order valence-electron chi connectivity index (χ4n) is 3.03. The molecular formula is C15H24N2. The Morgan fingerprint density at radius 1 is 1.47 bits per heavy atom. The molecule has 1 aliphatic rings. The third kappa shape index (κ3) is 2.86. The highest BCUT2D eigenvalue weighted by Gasteiger charge is 2.28. The third-order valence-corrected chi connectivity index (χ3v) is 3.82. The predicted molar refractivity (Wildman–Crippen MR) is 72.2 cm³/mol. The highest BCUT2D eigenvalue weighted by atomic mass is 14.9. The van der Waals surface area contributed by atoms with E-state index in [2.05, 4.69) is 43.3 Å². The summed E-state index contributed by atoms with van der Waals surface area (Å²) in [5.41, 5.74) is 2.81. The number of likely N-dealkylation sites (N-methyl/N-ethyl adjacent to an activating group) is 1. The minimum absolute atomic E-state index is 0.573. The molecule has 0 saturated heterocycles. The molecule has 0 fully saturated rings. The van der Waals surface area contributed by atoms with Crippen LogP contribution in [0.3, 0.4) is 0 Å². The summed E-state index contributed by atoms with van der Waals surface area (Å²) in [7, 11) is 2.09. The van der Waals surface area contributed by atoms with Gasteiger partial charge in [-0.25, -0.2) is 0 Å². The molecule has 94 valence electrons. The smallest absolute Gasteiger partial charge is 0.0481 e. The minimum atomic E-state index is 0.573. The molecule has 2 atom stereocenters. The van der Waals surface area contributed by atoms with Crippen molar-refractivity contribution in [1.82, 2.24) is 10.3 Å². The summed E-state index contributed by atoms with van der Waals surface area (Å²) in [6, 6.07) is 4.89. The molecular weight excluding hydrogens is 208 g/mol. The van der Waals surface area contributed by atoms with E-state index in [1.54, 1.807) is 0 Å². The zero-order chi connectivity index (χ0) is 12.3. The molecule has 0 saturated carbocycles. The Balaban J connectivity index is 2.21. The number of nitrogens with zero attached hydrogens (tertiary/aromatic N) is 1. The first-order valence-corrected chi connectivity index (χ1v) is 6.83. The Kier molecular flexibility index (Phi) is 4.16. The monoisotopic (exact) mass is 232 g/mol. The summed E-state index contributed by atoms with van der Waals surface area (Å²) in [5, 5.41) is 3.50. The van der Waals surface area contributed by atoms with Gasteiger partial charge in [0, 0.05) is 23.9 Å². The molecule has 1 aromatic heterocycles. The van der Waals surface area contributed by atoms with E-state index >= 15 is 0 Å². The fraction of sp³-hybridized carbons (Fsp3) is 0.667. The lowest BCUT2D eigenvalue weighted by Gasteiger charge is -2.32. The van der Waals surface area contributed by atoms with Crippen LogP contribution in [0.2, 0.25) is 0 Å². The van der Waals surface area contributed by atoms with Gasteiger partial charge in [0.15, 0.2) is 0 Å². The molecule has 2 unspecified atom stereocenters. The van der Waals surface area contributed by atoms with Crippen molar-refractivity contribution in [3.05, 3.63) is 29.6 Å². The normalized spacial score (nSPS) is 21.3. The van der Waals surface area contributed by atoms with Crippen LogP contribution >= 0.6 is 0 Å². The average molecular weight is 232 g/mol. The van der Waals surface area contributed by atoms with E-state index in [-0.39, 0.29) is 0 Å². The van der Waals surface area contributed by atoms with Crippen molar-refractivity contribution < 1.29 is 0 Å². The van der Waals surface area contributed by atoms with Crippen LogP contribution in [0.4, 0.5) is 0 Å². The van der Waals surface area contributed by atoms with Gasteiger partial charge in [-0.05, 0) is 50.3 Å². The van der Waals surface area contributed by atoms with Crippen LogP contribution in [0, 0.1) is 5.92 Å². The Labute approximate surface area is 105 Å². The van der Waals surface area contributed by atoms with Gasteiger partial charge in [0.2, 0.25) is 0 Å². The first-order valence-electron chi connectivity index (χ1n) is 6.83. The second-order valence-electron chi connectivity index (χ2n) is 5.57. The van der Waals surface area contributed by atoms with Crippen molar-refractivity contribution in [3.8, 4) is 0 Å². The lowest BCUT2D eigenvalue weighted by molar-refractivity contribution is 0.350. The summed E-state index contributed by atoms with van der Waals surface area (Å²) < 4.78 is 0. The van der Waals surface area contributed by atoms with E-state index in [4.69, 9.17) is 0 Å². The van der Waals surface area contributed by atoms with E-state index in [9.17, 15) is 0 Å². The Morgan fingerprint density at radius 3 is 3.00 bits per heavy atom. The summed E-state index contributed by atoms with van der Waals surface area (Å²) in [4.78, 5) is 4.64. The van der Waals surface area contributed by atoms with Gasteiger partial charge in [-0.3, -0.25) is 4.98 Å². The second kappa shape index (κ2) is 5.63. The molecule has 2 nitrogen and oxygen atoms in total. The molecule has 0 radical (unpaired) electrons. The van der Waals surface area contributed by atoms with E-state index in [1.165, 1.54) is 36.9 Å². The van der Waals surface area contributed by atoms with E-state index in [0.717, 1.165) is 5.92 Å². The Bertz CT molecular complexity index is 360. The second-order valence-corrected chi connectivity index (χ2v) is 5.57. The van der Waals surface area contributed by atoms with Crippen molar-refractivity contribution in [1.29, 1.82) is 0 Å². The number of nitrogens with one attached hydrogen (secondary N) is 1. The van der Waals surface area contributed by atoms with E-state index < -0.39 is 0 Å². The molecule has 0 spiro atoms. The molecule has 1 aromatic rings. The molecule has 0 aromatic carbocycles. The van der Waals surface area contributed by atoms with Crippen LogP contribution in [-0.2, 0) is 6.42 Å². The molecule has 1 aliphatic carbocycles.